The largest absolute Gasteiger partial charge is 0.494 e. The third-order valence-electron chi connectivity index (χ3n) is 2.51. The van der Waals surface area contributed by atoms with Gasteiger partial charge in [0.05, 0.1) is 12.8 Å². The zero-order chi connectivity index (χ0) is 12.4. The summed E-state index contributed by atoms with van der Waals surface area (Å²) >= 11 is 1.57. The monoisotopic (exact) mass is 251 g/mol. The molecule has 0 aliphatic carbocycles. The van der Waals surface area contributed by atoms with Crippen molar-refractivity contribution < 1.29 is 9.13 Å². The predicted molar refractivity (Wildman–Crippen MR) is 68.1 cm³/mol. The third kappa shape index (κ3) is 2.47. The first-order valence-corrected chi connectivity index (χ1v) is 6.29. The fourth-order valence-corrected chi connectivity index (χ4v) is 2.46. The molecule has 0 fully saturated rings. The van der Waals surface area contributed by atoms with Crippen molar-refractivity contribution in [1.82, 2.24) is 4.98 Å². The highest BCUT2D eigenvalue weighted by molar-refractivity contribution is 7.13. The summed E-state index contributed by atoms with van der Waals surface area (Å²) in [6.07, 6.45) is 0. The maximum absolute atomic E-state index is 13.3. The SMILES string of the molecule is COc1cc(-c2nc(C(C)C)cs2)ccc1F. The van der Waals surface area contributed by atoms with E-state index in [2.05, 4.69) is 18.8 Å². The molecular weight excluding hydrogens is 237 g/mol. The second kappa shape index (κ2) is 4.84. The van der Waals surface area contributed by atoms with E-state index in [1.165, 1.54) is 13.2 Å². The smallest absolute Gasteiger partial charge is 0.165 e. The van der Waals surface area contributed by atoms with E-state index in [-0.39, 0.29) is 11.6 Å². The number of methoxy groups -OCH3 is 1. The van der Waals surface area contributed by atoms with Gasteiger partial charge in [0.2, 0.25) is 0 Å². The van der Waals surface area contributed by atoms with Crippen molar-refractivity contribution in [2.45, 2.75) is 19.8 Å². The Labute approximate surface area is 104 Å². The van der Waals surface area contributed by atoms with Crippen LogP contribution in [-0.2, 0) is 0 Å². The molecule has 1 heterocycles. The van der Waals surface area contributed by atoms with Crippen molar-refractivity contribution in [3.63, 3.8) is 0 Å². The van der Waals surface area contributed by atoms with Gasteiger partial charge >= 0.3 is 0 Å². The normalized spacial score (nSPS) is 10.9. The second-order valence-electron chi connectivity index (χ2n) is 4.08. The van der Waals surface area contributed by atoms with Crippen LogP contribution in [0.1, 0.15) is 25.5 Å². The Morgan fingerprint density at radius 3 is 2.71 bits per heavy atom. The second-order valence-corrected chi connectivity index (χ2v) is 4.94. The fraction of sp³-hybridized carbons (Fsp3) is 0.308. The topological polar surface area (TPSA) is 22.1 Å². The highest BCUT2D eigenvalue weighted by Gasteiger charge is 2.10. The molecule has 0 saturated heterocycles. The molecule has 90 valence electrons. The van der Waals surface area contributed by atoms with E-state index >= 15 is 0 Å². The van der Waals surface area contributed by atoms with Gasteiger partial charge in [0.1, 0.15) is 5.01 Å². The molecule has 0 radical (unpaired) electrons. The van der Waals surface area contributed by atoms with E-state index in [4.69, 9.17) is 4.74 Å². The maximum atomic E-state index is 13.3. The van der Waals surface area contributed by atoms with Crippen LogP contribution in [0.25, 0.3) is 10.6 Å². The van der Waals surface area contributed by atoms with Gasteiger partial charge in [-0.3, -0.25) is 0 Å². The summed E-state index contributed by atoms with van der Waals surface area (Å²) in [5.74, 6) is 0.308. The molecule has 1 aromatic carbocycles. The van der Waals surface area contributed by atoms with E-state index < -0.39 is 0 Å². The van der Waals surface area contributed by atoms with E-state index in [0.29, 0.717) is 5.92 Å². The van der Waals surface area contributed by atoms with Crippen LogP contribution in [0.3, 0.4) is 0 Å². The Hall–Kier alpha value is -1.42. The number of ether oxygens (including phenoxy) is 1. The van der Waals surface area contributed by atoms with E-state index in [1.807, 2.05) is 5.38 Å². The molecule has 0 spiro atoms. The summed E-state index contributed by atoms with van der Waals surface area (Å²) in [7, 11) is 1.46. The summed E-state index contributed by atoms with van der Waals surface area (Å²) in [5, 5.41) is 2.93. The van der Waals surface area contributed by atoms with Crippen molar-refractivity contribution in [2.75, 3.05) is 7.11 Å². The van der Waals surface area contributed by atoms with Crippen LogP contribution in [-0.4, -0.2) is 12.1 Å². The number of rotatable bonds is 3. The lowest BCUT2D eigenvalue weighted by atomic mass is 10.1. The molecule has 1 aromatic heterocycles. The van der Waals surface area contributed by atoms with Crippen molar-refractivity contribution in [1.29, 1.82) is 0 Å². The molecule has 0 N–H and O–H groups in total. The van der Waals surface area contributed by atoms with Crippen LogP contribution in [0.4, 0.5) is 4.39 Å². The predicted octanol–water partition coefficient (Wildman–Crippen LogP) is 4.08. The van der Waals surface area contributed by atoms with Crippen molar-refractivity contribution in [3.8, 4) is 16.3 Å². The van der Waals surface area contributed by atoms with Gasteiger partial charge in [-0.25, -0.2) is 9.37 Å². The number of nitrogens with zero attached hydrogens (tertiary/aromatic N) is 1. The molecule has 17 heavy (non-hydrogen) atoms. The molecule has 4 heteroatoms. The average molecular weight is 251 g/mol. The highest BCUT2D eigenvalue weighted by atomic mass is 32.1. The van der Waals surface area contributed by atoms with Crippen LogP contribution >= 0.6 is 11.3 Å². The first-order chi connectivity index (χ1) is 8.11. The van der Waals surface area contributed by atoms with Crippen molar-refractivity contribution in [3.05, 3.63) is 35.1 Å². The van der Waals surface area contributed by atoms with Gasteiger partial charge in [-0.05, 0) is 24.1 Å². The number of benzene rings is 1. The van der Waals surface area contributed by atoms with E-state index in [0.717, 1.165) is 16.3 Å². The van der Waals surface area contributed by atoms with Crippen molar-refractivity contribution in [2.24, 2.45) is 0 Å². The van der Waals surface area contributed by atoms with Crippen LogP contribution in [0.5, 0.6) is 5.75 Å². The average Bonchev–Trinajstić information content (AvgIpc) is 2.79. The van der Waals surface area contributed by atoms with Crippen LogP contribution in [0.2, 0.25) is 0 Å². The van der Waals surface area contributed by atoms with Gasteiger partial charge in [0, 0.05) is 10.9 Å². The highest BCUT2D eigenvalue weighted by Crippen LogP contribution is 2.30. The molecule has 0 unspecified atom stereocenters. The Bertz CT molecular complexity index is 522. The minimum absolute atomic E-state index is 0.254. The van der Waals surface area contributed by atoms with E-state index in [1.54, 1.807) is 23.5 Å². The Kier molecular flexibility index (Phi) is 3.43. The minimum Gasteiger partial charge on any atom is -0.494 e. The van der Waals surface area contributed by atoms with Crippen LogP contribution in [0, 0.1) is 5.82 Å². The lowest BCUT2D eigenvalue weighted by Gasteiger charge is -2.03. The maximum Gasteiger partial charge on any atom is 0.165 e. The molecular formula is C13H14FNOS. The number of hydrogen-bond donors (Lipinski definition) is 0. The first-order valence-electron chi connectivity index (χ1n) is 5.41. The first kappa shape index (κ1) is 12.0. The molecule has 2 rings (SSSR count). The Morgan fingerprint density at radius 1 is 1.35 bits per heavy atom. The lowest BCUT2D eigenvalue weighted by molar-refractivity contribution is 0.387. The van der Waals surface area contributed by atoms with Crippen molar-refractivity contribution >= 4 is 11.3 Å². The molecule has 0 saturated carbocycles. The lowest BCUT2D eigenvalue weighted by Crippen LogP contribution is -1.90. The van der Waals surface area contributed by atoms with Crippen LogP contribution < -0.4 is 4.74 Å². The van der Waals surface area contributed by atoms with Gasteiger partial charge in [-0.1, -0.05) is 13.8 Å². The zero-order valence-electron chi connectivity index (χ0n) is 10.0. The zero-order valence-corrected chi connectivity index (χ0v) is 10.8. The number of hydrogen-bond acceptors (Lipinski definition) is 3. The minimum atomic E-state index is -0.350. The summed E-state index contributed by atoms with van der Waals surface area (Å²) in [6.45, 7) is 4.20. The standard InChI is InChI=1S/C13H14FNOS/c1-8(2)11-7-17-13(15-11)9-4-5-10(14)12(6-9)16-3/h4-8H,1-3H3. The number of halogens is 1. The molecule has 0 atom stereocenters. The fourth-order valence-electron chi connectivity index (χ4n) is 1.48. The van der Waals surface area contributed by atoms with E-state index in [9.17, 15) is 4.39 Å². The Morgan fingerprint density at radius 2 is 2.12 bits per heavy atom. The molecule has 2 aromatic rings. The summed E-state index contributed by atoms with van der Waals surface area (Å²) in [6, 6.07) is 4.81. The van der Waals surface area contributed by atoms with Gasteiger partial charge in [-0.2, -0.15) is 0 Å². The molecule has 0 aliphatic rings. The van der Waals surface area contributed by atoms with Crippen LogP contribution in [0.15, 0.2) is 23.6 Å². The quantitative estimate of drug-likeness (QED) is 0.820. The molecule has 0 aliphatic heterocycles. The third-order valence-corrected chi connectivity index (χ3v) is 3.42. The number of thiazole rings is 1. The van der Waals surface area contributed by atoms with Gasteiger partial charge in [0.25, 0.3) is 0 Å². The molecule has 2 nitrogen and oxygen atoms in total. The summed E-state index contributed by atoms with van der Waals surface area (Å²) < 4.78 is 18.2. The number of aromatic nitrogens is 1. The molecule has 0 amide bonds. The van der Waals surface area contributed by atoms with Gasteiger partial charge in [-0.15, -0.1) is 11.3 Å². The summed E-state index contributed by atoms with van der Waals surface area (Å²) in [5.41, 5.74) is 1.95. The summed E-state index contributed by atoms with van der Waals surface area (Å²) in [4.78, 5) is 4.53. The van der Waals surface area contributed by atoms with Gasteiger partial charge < -0.3 is 4.74 Å². The van der Waals surface area contributed by atoms with Gasteiger partial charge in [0.15, 0.2) is 11.6 Å². The molecule has 0 bridgehead atoms. The Balaban J connectivity index is 2.38.